The molecule has 0 fully saturated rings. The maximum absolute atomic E-state index is 12.0. The van der Waals surface area contributed by atoms with Crippen molar-refractivity contribution < 1.29 is 4.79 Å². The molecule has 4 N–H and O–H groups in total. The van der Waals surface area contributed by atoms with Crippen LogP contribution in [0.3, 0.4) is 0 Å². The molecule has 5 heteroatoms. The summed E-state index contributed by atoms with van der Waals surface area (Å²) in [7, 11) is 0. The summed E-state index contributed by atoms with van der Waals surface area (Å²) in [5, 5.41) is 9.73. The van der Waals surface area contributed by atoms with Crippen LogP contribution in [-0.2, 0) is 5.41 Å². The number of amides is 1. The van der Waals surface area contributed by atoms with Gasteiger partial charge in [0.1, 0.15) is 0 Å². The first kappa shape index (κ1) is 13.1. The zero-order valence-corrected chi connectivity index (χ0v) is 11.3. The molecule has 0 radical (unpaired) electrons. The first-order valence-corrected chi connectivity index (χ1v) is 6.09. The summed E-state index contributed by atoms with van der Waals surface area (Å²) >= 11 is 0. The Kier molecular flexibility index (Phi) is 3.29. The summed E-state index contributed by atoms with van der Waals surface area (Å²) < 4.78 is 0. The lowest BCUT2D eigenvalue weighted by atomic mass is 9.92. The molecule has 0 aliphatic carbocycles. The second-order valence-corrected chi connectivity index (χ2v) is 5.46. The van der Waals surface area contributed by atoms with Crippen LogP contribution in [0.4, 0.5) is 11.5 Å². The van der Waals surface area contributed by atoms with E-state index in [-0.39, 0.29) is 11.3 Å². The molecule has 19 heavy (non-hydrogen) atoms. The van der Waals surface area contributed by atoms with Crippen molar-refractivity contribution in [3.63, 3.8) is 0 Å². The second-order valence-electron chi connectivity index (χ2n) is 5.46. The van der Waals surface area contributed by atoms with Crippen LogP contribution in [0.2, 0.25) is 0 Å². The molecular formula is C14H18N4O. The third kappa shape index (κ3) is 2.93. The number of nitrogens with one attached hydrogen (secondary N) is 2. The number of H-pyrrole nitrogens is 1. The van der Waals surface area contributed by atoms with E-state index in [9.17, 15) is 4.79 Å². The van der Waals surface area contributed by atoms with E-state index in [1.54, 1.807) is 24.3 Å². The molecule has 5 nitrogen and oxygen atoms in total. The Morgan fingerprint density at radius 3 is 2.58 bits per heavy atom. The monoisotopic (exact) mass is 258 g/mol. The summed E-state index contributed by atoms with van der Waals surface area (Å²) in [5.41, 5.74) is 7.58. The lowest BCUT2D eigenvalue weighted by Crippen LogP contribution is -2.14. The van der Waals surface area contributed by atoms with E-state index in [0.29, 0.717) is 17.1 Å². The van der Waals surface area contributed by atoms with E-state index in [0.717, 1.165) is 5.69 Å². The zero-order chi connectivity index (χ0) is 14.0. The average Bonchev–Trinajstić information content (AvgIpc) is 2.77. The Morgan fingerprint density at radius 1 is 1.32 bits per heavy atom. The SMILES string of the molecule is CC(C)(C)c1cc(NC(=O)c2ccccc2N)n[nH]1. The Morgan fingerprint density at radius 2 is 2.00 bits per heavy atom. The van der Waals surface area contributed by atoms with Gasteiger partial charge in [0.05, 0.1) is 5.56 Å². The minimum absolute atomic E-state index is 0.0399. The lowest BCUT2D eigenvalue weighted by molar-refractivity contribution is 0.102. The molecule has 0 aliphatic rings. The van der Waals surface area contributed by atoms with Crippen LogP contribution in [-0.4, -0.2) is 16.1 Å². The average molecular weight is 258 g/mol. The molecule has 0 bridgehead atoms. The predicted octanol–water partition coefficient (Wildman–Crippen LogP) is 2.54. The van der Waals surface area contributed by atoms with Crippen molar-refractivity contribution in [1.82, 2.24) is 10.2 Å². The molecular weight excluding hydrogens is 240 g/mol. The Balaban J connectivity index is 2.16. The number of nitrogen functional groups attached to an aromatic ring is 1. The van der Waals surface area contributed by atoms with Gasteiger partial charge in [-0.15, -0.1) is 0 Å². The molecule has 1 aromatic heterocycles. The number of carbonyl (C=O) groups excluding carboxylic acids is 1. The highest BCUT2D eigenvalue weighted by molar-refractivity contribution is 6.07. The maximum atomic E-state index is 12.0. The van der Waals surface area contributed by atoms with Crippen LogP contribution in [0.15, 0.2) is 30.3 Å². The van der Waals surface area contributed by atoms with E-state index < -0.39 is 0 Å². The van der Waals surface area contributed by atoms with Crippen molar-refractivity contribution in [2.45, 2.75) is 26.2 Å². The van der Waals surface area contributed by atoms with Gasteiger partial charge < -0.3 is 11.1 Å². The number of nitrogens with zero attached hydrogens (tertiary/aromatic N) is 1. The van der Waals surface area contributed by atoms with Gasteiger partial charge in [0.15, 0.2) is 5.82 Å². The molecule has 1 aromatic carbocycles. The van der Waals surface area contributed by atoms with Crippen molar-refractivity contribution in [2.24, 2.45) is 0 Å². The first-order chi connectivity index (χ1) is 8.88. The molecule has 0 saturated heterocycles. The number of hydrogen-bond donors (Lipinski definition) is 3. The number of carbonyl (C=O) groups is 1. The van der Waals surface area contributed by atoms with E-state index in [1.165, 1.54) is 0 Å². The fourth-order valence-electron chi connectivity index (χ4n) is 1.66. The highest BCUT2D eigenvalue weighted by Crippen LogP contribution is 2.22. The van der Waals surface area contributed by atoms with E-state index in [2.05, 4.69) is 36.3 Å². The van der Waals surface area contributed by atoms with Crippen molar-refractivity contribution in [3.8, 4) is 0 Å². The first-order valence-electron chi connectivity index (χ1n) is 6.09. The van der Waals surface area contributed by atoms with Crippen LogP contribution in [0, 0.1) is 0 Å². The lowest BCUT2D eigenvalue weighted by Gasteiger charge is -2.14. The summed E-state index contributed by atoms with van der Waals surface area (Å²) in [6, 6.07) is 8.77. The van der Waals surface area contributed by atoms with Gasteiger partial charge >= 0.3 is 0 Å². The molecule has 0 saturated carbocycles. The highest BCUT2D eigenvalue weighted by Gasteiger charge is 2.18. The number of nitrogens with two attached hydrogens (primary N) is 1. The summed E-state index contributed by atoms with van der Waals surface area (Å²) in [5.74, 6) is 0.239. The van der Waals surface area contributed by atoms with Crippen molar-refractivity contribution in [3.05, 3.63) is 41.6 Å². The molecule has 0 aliphatic heterocycles. The van der Waals surface area contributed by atoms with Gasteiger partial charge in [-0.25, -0.2) is 0 Å². The quantitative estimate of drug-likeness (QED) is 0.724. The number of hydrogen-bond acceptors (Lipinski definition) is 3. The minimum Gasteiger partial charge on any atom is -0.398 e. The van der Waals surface area contributed by atoms with E-state index in [1.807, 2.05) is 6.07 Å². The molecule has 1 heterocycles. The number of aromatic amines is 1. The normalized spacial score (nSPS) is 11.3. The van der Waals surface area contributed by atoms with Gasteiger partial charge in [-0.1, -0.05) is 32.9 Å². The molecule has 2 aromatic rings. The van der Waals surface area contributed by atoms with Crippen LogP contribution < -0.4 is 11.1 Å². The van der Waals surface area contributed by atoms with E-state index in [4.69, 9.17) is 5.73 Å². The Labute approximate surface area is 112 Å². The fourth-order valence-corrected chi connectivity index (χ4v) is 1.66. The van der Waals surface area contributed by atoms with Crippen molar-refractivity contribution in [2.75, 3.05) is 11.1 Å². The summed E-state index contributed by atoms with van der Waals surface area (Å²) in [6.07, 6.45) is 0. The number of rotatable bonds is 2. The third-order valence-corrected chi connectivity index (χ3v) is 2.83. The molecule has 0 spiro atoms. The standard InChI is InChI=1S/C14H18N4O/c1-14(2,3)11-8-12(18-17-11)16-13(19)9-6-4-5-7-10(9)15/h4-8H,15H2,1-3H3,(H2,16,17,18,19). The zero-order valence-electron chi connectivity index (χ0n) is 11.3. The highest BCUT2D eigenvalue weighted by atomic mass is 16.1. The summed E-state index contributed by atoms with van der Waals surface area (Å²) in [4.78, 5) is 12.0. The largest absolute Gasteiger partial charge is 0.398 e. The van der Waals surface area contributed by atoms with Gasteiger partial charge in [0.2, 0.25) is 0 Å². The van der Waals surface area contributed by atoms with Gasteiger partial charge in [-0.05, 0) is 12.1 Å². The third-order valence-electron chi connectivity index (χ3n) is 2.83. The predicted molar refractivity (Wildman–Crippen MR) is 76.1 cm³/mol. The minimum atomic E-state index is -0.259. The molecule has 2 rings (SSSR count). The smallest absolute Gasteiger partial charge is 0.258 e. The maximum Gasteiger partial charge on any atom is 0.258 e. The number of anilines is 2. The van der Waals surface area contributed by atoms with Gasteiger partial charge in [-0.3, -0.25) is 9.89 Å². The van der Waals surface area contributed by atoms with Gasteiger partial charge in [0.25, 0.3) is 5.91 Å². The number of para-hydroxylation sites is 1. The van der Waals surface area contributed by atoms with Crippen LogP contribution >= 0.6 is 0 Å². The number of aromatic nitrogens is 2. The topological polar surface area (TPSA) is 83.8 Å². The van der Waals surface area contributed by atoms with Crippen molar-refractivity contribution >= 4 is 17.4 Å². The van der Waals surface area contributed by atoms with Crippen LogP contribution in [0.5, 0.6) is 0 Å². The Bertz CT molecular complexity index is 595. The second kappa shape index (κ2) is 4.76. The van der Waals surface area contributed by atoms with E-state index >= 15 is 0 Å². The molecule has 100 valence electrons. The Hall–Kier alpha value is -2.30. The van der Waals surface area contributed by atoms with Crippen LogP contribution in [0.1, 0.15) is 36.8 Å². The number of benzene rings is 1. The van der Waals surface area contributed by atoms with Gasteiger partial charge in [0, 0.05) is 22.9 Å². The molecule has 1 amide bonds. The fraction of sp³-hybridized carbons (Fsp3) is 0.286. The van der Waals surface area contributed by atoms with Crippen molar-refractivity contribution in [1.29, 1.82) is 0 Å². The molecule has 0 atom stereocenters. The van der Waals surface area contributed by atoms with Gasteiger partial charge in [-0.2, -0.15) is 5.10 Å². The summed E-state index contributed by atoms with van der Waals surface area (Å²) in [6.45, 7) is 6.21. The van der Waals surface area contributed by atoms with Crippen LogP contribution in [0.25, 0.3) is 0 Å². The molecule has 0 unspecified atom stereocenters.